The van der Waals surface area contributed by atoms with Crippen molar-refractivity contribution in [3.05, 3.63) is 42.1 Å². The maximum absolute atomic E-state index is 12.8. The molecular weight excluding hydrogens is 287 g/mol. The van der Waals surface area contributed by atoms with E-state index in [4.69, 9.17) is 4.74 Å². The van der Waals surface area contributed by atoms with Crippen LogP contribution in [0.25, 0.3) is 0 Å². The number of benzene rings is 1. The summed E-state index contributed by atoms with van der Waals surface area (Å²) in [4.78, 5) is 11.8. The van der Waals surface area contributed by atoms with E-state index in [1.165, 1.54) is 37.4 Å². The largest absolute Gasteiger partial charge is 0.480 e. The minimum absolute atomic E-state index is 0.333. The molecule has 1 aromatic carbocycles. The highest BCUT2D eigenvalue weighted by Crippen LogP contribution is 2.36. The van der Waals surface area contributed by atoms with Crippen LogP contribution in [0, 0.1) is 0 Å². The summed E-state index contributed by atoms with van der Waals surface area (Å²) in [7, 11) is 0. The number of carbonyl (C=O) groups is 1. The summed E-state index contributed by atoms with van der Waals surface area (Å²) in [5.74, 6) is -0.645. The van der Waals surface area contributed by atoms with E-state index in [1.807, 2.05) is 0 Å². The lowest BCUT2D eigenvalue weighted by Gasteiger charge is -2.17. The van der Waals surface area contributed by atoms with E-state index in [0.29, 0.717) is 5.82 Å². The second-order valence-electron chi connectivity index (χ2n) is 4.21. The maximum Gasteiger partial charge on any atom is 0.419 e. The Morgan fingerprint density at radius 2 is 2.05 bits per heavy atom. The third-order valence-corrected chi connectivity index (χ3v) is 2.62. The molecular formula is C13H12F3N3O2. The van der Waals surface area contributed by atoms with Gasteiger partial charge in [0.05, 0.1) is 11.8 Å². The lowest BCUT2D eigenvalue weighted by molar-refractivity contribution is -0.140. The number of H-pyrrole nitrogens is 1. The third-order valence-electron chi connectivity index (χ3n) is 2.62. The average molecular weight is 299 g/mol. The first-order chi connectivity index (χ1) is 9.88. The van der Waals surface area contributed by atoms with Crippen molar-refractivity contribution < 1.29 is 22.7 Å². The maximum atomic E-state index is 12.8. The van der Waals surface area contributed by atoms with Gasteiger partial charge in [0.2, 0.25) is 0 Å². The second kappa shape index (κ2) is 5.86. The van der Waals surface area contributed by atoms with Crippen molar-refractivity contribution in [3.8, 4) is 5.75 Å². The zero-order valence-corrected chi connectivity index (χ0v) is 10.9. The minimum atomic E-state index is -4.55. The van der Waals surface area contributed by atoms with E-state index < -0.39 is 29.5 Å². The van der Waals surface area contributed by atoms with Crippen LogP contribution < -0.4 is 10.1 Å². The van der Waals surface area contributed by atoms with Crippen molar-refractivity contribution in [1.82, 2.24) is 10.2 Å². The smallest absolute Gasteiger partial charge is 0.419 e. The Kier molecular flexibility index (Phi) is 4.15. The van der Waals surface area contributed by atoms with Gasteiger partial charge < -0.3 is 10.1 Å². The molecule has 1 heterocycles. The number of aromatic amines is 1. The Balaban J connectivity index is 2.09. The molecule has 1 aromatic heterocycles. The standard InChI is InChI=1S/C13H12F3N3O2/c1-8(12(20)18-11-6-7-17-19-11)21-10-5-3-2-4-9(10)13(14,15)16/h2-8H,1H3,(H2,17,18,19,20)/t8-/m1/s1. The summed E-state index contributed by atoms with van der Waals surface area (Å²) in [5, 5.41) is 8.58. The van der Waals surface area contributed by atoms with Gasteiger partial charge in [0.25, 0.3) is 5.91 Å². The number of alkyl halides is 3. The molecule has 2 aromatic rings. The van der Waals surface area contributed by atoms with Gasteiger partial charge >= 0.3 is 6.18 Å². The SMILES string of the molecule is C[C@@H](Oc1ccccc1C(F)(F)F)C(=O)Nc1ccn[nH]1. The van der Waals surface area contributed by atoms with Crippen LogP contribution in [0.1, 0.15) is 12.5 Å². The van der Waals surface area contributed by atoms with Crippen LogP contribution in [0.2, 0.25) is 0 Å². The number of rotatable bonds is 4. The molecule has 0 radical (unpaired) electrons. The molecule has 0 aliphatic rings. The van der Waals surface area contributed by atoms with Crippen molar-refractivity contribution in [2.24, 2.45) is 0 Å². The highest BCUT2D eigenvalue weighted by atomic mass is 19.4. The molecule has 0 bridgehead atoms. The number of nitrogens with one attached hydrogen (secondary N) is 2. The molecule has 112 valence electrons. The van der Waals surface area contributed by atoms with E-state index in [0.717, 1.165) is 6.07 Å². The predicted octanol–water partition coefficient (Wildman–Crippen LogP) is 2.83. The zero-order chi connectivity index (χ0) is 15.5. The number of para-hydroxylation sites is 1. The summed E-state index contributed by atoms with van der Waals surface area (Å²) < 4.78 is 43.5. The summed E-state index contributed by atoms with van der Waals surface area (Å²) in [6, 6.07) is 6.24. The first-order valence-corrected chi connectivity index (χ1v) is 6.01. The van der Waals surface area contributed by atoms with E-state index >= 15 is 0 Å². The monoisotopic (exact) mass is 299 g/mol. The number of hydrogen-bond donors (Lipinski definition) is 2. The van der Waals surface area contributed by atoms with Gasteiger partial charge in [-0.05, 0) is 19.1 Å². The number of amides is 1. The van der Waals surface area contributed by atoms with Gasteiger partial charge in [-0.25, -0.2) is 0 Å². The quantitative estimate of drug-likeness (QED) is 0.912. The Morgan fingerprint density at radius 3 is 2.67 bits per heavy atom. The van der Waals surface area contributed by atoms with Gasteiger partial charge in [0.1, 0.15) is 11.6 Å². The average Bonchev–Trinajstić information content (AvgIpc) is 2.91. The Hall–Kier alpha value is -2.51. The number of anilines is 1. The van der Waals surface area contributed by atoms with Crippen LogP contribution in [0.5, 0.6) is 5.75 Å². The molecule has 0 saturated carbocycles. The molecule has 8 heteroatoms. The molecule has 1 amide bonds. The molecule has 0 fully saturated rings. The Bertz CT molecular complexity index is 611. The Labute approximate surface area is 118 Å². The van der Waals surface area contributed by atoms with Gasteiger partial charge in [-0.2, -0.15) is 18.3 Å². The molecule has 2 rings (SSSR count). The fourth-order valence-electron chi connectivity index (χ4n) is 1.61. The van der Waals surface area contributed by atoms with Crippen molar-refractivity contribution in [1.29, 1.82) is 0 Å². The highest BCUT2D eigenvalue weighted by Gasteiger charge is 2.34. The van der Waals surface area contributed by atoms with Crippen LogP contribution in [0.4, 0.5) is 19.0 Å². The molecule has 0 spiro atoms. The minimum Gasteiger partial charge on any atom is -0.480 e. The van der Waals surface area contributed by atoms with Crippen LogP contribution >= 0.6 is 0 Å². The molecule has 5 nitrogen and oxygen atoms in total. The predicted molar refractivity (Wildman–Crippen MR) is 68.8 cm³/mol. The summed E-state index contributed by atoms with van der Waals surface area (Å²) in [6.07, 6.45) is -4.22. The van der Waals surface area contributed by atoms with Crippen molar-refractivity contribution in [2.45, 2.75) is 19.2 Å². The number of hydrogen-bond acceptors (Lipinski definition) is 3. The molecule has 2 N–H and O–H groups in total. The van der Waals surface area contributed by atoms with Crippen molar-refractivity contribution >= 4 is 11.7 Å². The lowest BCUT2D eigenvalue weighted by atomic mass is 10.2. The number of nitrogens with zero attached hydrogens (tertiary/aromatic N) is 1. The van der Waals surface area contributed by atoms with E-state index in [1.54, 1.807) is 0 Å². The summed E-state index contributed by atoms with van der Waals surface area (Å²) >= 11 is 0. The third kappa shape index (κ3) is 3.74. The molecule has 0 saturated heterocycles. The second-order valence-corrected chi connectivity index (χ2v) is 4.21. The van der Waals surface area contributed by atoms with Crippen molar-refractivity contribution in [2.75, 3.05) is 5.32 Å². The van der Waals surface area contributed by atoms with Crippen LogP contribution in [-0.2, 0) is 11.0 Å². The molecule has 0 unspecified atom stereocenters. The lowest BCUT2D eigenvalue weighted by Crippen LogP contribution is -2.31. The van der Waals surface area contributed by atoms with Gasteiger partial charge in [-0.1, -0.05) is 12.1 Å². The van der Waals surface area contributed by atoms with E-state index in [-0.39, 0.29) is 0 Å². The van der Waals surface area contributed by atoms with Gasteiger partial charge in [-0.15, -0.1) is 0 Å². The van der Waals surface area contributed by atoms with Gasteiger partial charge in [0.15, 0.2) is 6.10 Å². The number of carbonyl (C=O) groups excluding carboxylic acids is 1. The zero-order valence-electron chi connectivity index (χ0n) is 10.9. The van der Waals surface area contributed by atoms with Crippen LogP contribution in [0.3, 0.4) is 0 Å². The number of ether oxygens (including phenoxy) is 1. The Morgan fingerprint density at radius 1 is 1.33 bits per heavy atom. The van der Waals surface area contributed by atoms with Crippen molar-refractivity contribution in [3.63, 3.8) is 0 Å². The molecule has 0 aliphatic heterocycles. The highest BCUT2D eigenvalue weighted by molar-refractivity contribution is 5.93. The molecule has 21 heavy (non-hydrogen) atoms. The number of halogens is 3. The fourth-order valence-corrected chi connectivity index (χ4v) is 1.61. The topological polar surface area (TPSA) is 67.0 Å². The normalized spacial score (nSPS) is 12.8. The van der Waals surface area contributed by atoms with Gasteiger partial charge in [0, 0.05) is 6.07 Å². The van der Waals surface area contributed by atoms with E-state index in [2.05, 4.69) is 15.5 Å². The van der Waals surface area contributed by atoms with Crippen LogP contribution in [0.15, 0.2) is 36.5 Å². The summed E-state index contributed by atoms with van der Waals surface area (Å²) in [5.41, 5.74) is -0.925. The van der Waals surface area contributed by atoms with Gasteiger partial charge in [-0.3, -0.25) is 9.89 Å². The first kappa shape index (κ1) is 14.9. The molecule has 0 aliphatic carbocycles. The summed E-state index contributed by atoms with van der Waals surface area (Å²) in [6.45, 7) is 1.36. The molecule has 1 atom stereocenters. The van der Waals surface area contributed by atoms with Crippen LogP contribution in [-0.4, -0.2) is 22.2 Å². The van der Waals surface area contributed by atoms with E-state index in [9.17, 15) is 18.0 Å². The fraction of sp³-hybridized carbons (Fsp3) is 0.231. The first-order valence-electron chi connectivity index (χ1n) is 6.01. The number of aromatic nitrogens is 2.